The quantitative estimate of drug-likeness (QED) is 0.521. The van der Waals surface area contributed by atoms with Gasteiger partial charge in [0.25, 0.3) is 5.91 Å². The van der Waals surface area contributed by atoms with E-state index in [0.29, 0.717) is 17.8 Å². The van der Waals surface area contributed by atoms with Gasteiger partial charge in [-0.1, -0.05) is 24.3 Å². The number of halogens is 1. The van der Waals surface area contributed by atoms with Gasteiger partial charge < -0.3 is 11.1 Å². The summed E-state index contributed by atoms with van der Waals surface area (Å²) >= 11 is 0. The molecule has 28 heavy (non-hydrogen) atoms. The summed E-state index contributed by atoms with van der Waals surface area (Å²) in [5.74, 6) is -0.792. The molecule has 0 saturated heterocycles. The van der Waals surface area contributed by atoms with E-state index < -0.39 is 5.82 Å². The van der Waals surface area contributed by atoms with E-state index in [1.165, 1.54) is 18.2 Å². The van der Waals surface area contributed by atoms with E-state index in [-0.39, 0.29) is 11.6 Å². The first-order valence-electron chi connectivity index (χ1n) is 8.88. The molecule has 0 aliphatic rings. The zero-order valence-electron chi connectivity index (χ0n) is 15.3. The lowest BCUT2D eigenvalue weighted by Crippen LogP contribution is -2.14. The minimum atomic E-state index is -0.456. The average molecular weight is 374 g/mol. The summed E-state index contributed by atoms with van der Waals surface area (Å²) in [5, 5.41) is 8.32. The second-order valence-corrected chi connectivity index (χ2v) is 6.71. The number of hydrogen-bond acceptors (Lipinski definition) is 3. The molecule has 0 fully saturated rings. The molecule has 3 N–H and O–H groups in total. The van der Waals surface area contributed by atoms with Crippen molar-refractivity contribution in [1.82, 2.24) is 9.78 Å². The number of carbonyl (C=O) groups is 1. The van der Waals surface area contributed by atoms with Crippen molar-refractivity contribution in [3.63, 3.8) is 0 Å². The van der Waals surface area contributed by atoms with E-state index in [9.17, 15) is 9.18 Å². The molecule has 0 aliphatic heterocycles. The minimum absolute atomic E-state index is 0.259. The highest BCUT2D eigenvalue weighted by Crippen LogP contribution is 2.21. The number of fused-ring (bicyclic) bond motifs is 1. The number of anilines is 2. The van der Waals surface area contributed by atoms with Crippen LogP contribution in [0.25, 0.3) is 10.9 Å². The third-order valence-electron chi connectivity index (χ3n) is 4.66. The summed E-state index contributed by atoms with van der Waals surface area (Å²) in [7, 11) is 0. The van der Waals surface area contributed by atoms with E-state index in [1.807, 2.05) is 54.2 Å². The van der Waals surface area contributed by atoms with Crippen LogP contribution in [0.3, 0.4) is 0 Å². The second kappa shape index (κ2) is 7.15. The number of hydrogen-bond donors (Lipinski definition) is 2. The van der Waals surface area contributed by atoms with E-state index >= 15 is 0 Å². The Balaban J connectivity index is 1.53. The van der Waals surface area contributed by atoms with E-state index in [2.05, 4.69) is 10.4 Å². The Morgan fingerprint density at radius 2 is 1.96 bits per heavy atom. The number of nitrogens with zero attached hydrogens (tertiary/aromatic N) is 2. The molecule has 0 unspecified atom stereocenters. The fourth-order valence-corrected chi connectivity index (χ4v) is 3.12. The first kappa shape index (κ1) is 17.7. The van der Waals surface area contributed by atoms with E-state index in [0.717, 1.165) is 22.0 Å². The first-order chi connectivity index (χ1) is 13.5. The van der Waals surface area contributed by atoms with Crippen molar-refractivity contribution in [2.75, 3.05) is 11.1 Å². The van der Waals surface area contributed by atoms with Gasteiger partial charge in [0.05, 0.1) is 23.4 Å². The lowest BCUT2D eigenvalue weighted by atomic mass is 10.0. The lowest BCUT2D eigenvalue weighted by Gasteiger charge is -2.11. The SMILES string of the molecule is Cc1cc(C(=O)Nc2cc(F)ccc2N)ccc1Cn1cc2ccccc2n1. The summed E-state index contributed by atoms with van der Waals surface area (Å²) in [5.41, 5.74) is 9.84. The minimum Gasteiger partial charge on any atom is -0.397 e. The summed E-state index contributed by atoms with van der Waals surface area (Å²) in [6.07, 6.45) is 2.00. The molecule has 5 nitrogen and oxygen atoms in total. The van der Waals surface area contributed by atoms with Crippen molar-refractivity contribution in [2.24, 2.45) is 0 Å². The maximum Gasteiger partial charge on any atom is 0.255 e. The van der Waals surface area contributed by atoms with Crippen LogP contribution in [0.15, 0.2) is 66.9 Å². The van der Waals surface area contributed by atoms with Gasteiger partial charge in [0.1, 0.15) is 5.82 Å². The fourth-order valence-electron chi connectivity index (χ4n) is 3.12. The predicted octanol–water partition coefficient (Wildman–Crippen LogP) is 4.37. The van der Waals surface area contributed by atoms with Crippen molar-refractivity contribution in [3.8, 4) is 0 Å². The highest BCUT2D eigenvalue weighted by Gasteiger charge is 2.11. The van der Waals surface area contributed by atoms with Crippen LogP contribution >= 0.6 is 0 Å². The van der Waals surface area contributed by atoms with Gasteiger partial charge >= 0.3 is 0 Å². The van der Waals surface area contributed by atoms with Crippen LogP contribution in [0.1, 0.15) is 21.5 Å². The fraction of sp³-hybridized carbons (Fsp3) is 0.0909. The van der Waals surface area contributed by atoms with Gasteiger partial charge in [0, 0.05) is 17.1 Å². The van der Waals surface area contributed by atoms with Gasteiger partial charge in [-0.05, 0) is 54.4 Å². The summed E-state index contributed by atoms with van der Waals surface area (Å²) in [6, 6.07) is 17.3. The average Bonchev–Trinajstić information content (AvgIpc) is 3.08. The van der Waals surface area contributed by atoms with Crippen LogP contribution in [0.4, 0.5) is 15.8 Å². The molecule has 0 atom stereocenters. The third kappa shape index (κ3) is 3.57. The third-order valence-corrected chi connectivity index (χ3v) is 4.66. The number of rotatable bonds is 4. The van der Waals surface area contributed by atoms with Crippen molar-refractivity contribution < 1.29 is 9.18 Å². The molecule has 1 aromatic heterocycles. The maximum absolute atomic E-state index is 13.4. The molecule has 0 bridgehead atoms. The standard InChI is InChI=1S/C22H19FN4O/c1-14-10-15(22(28)25-21-11-18(23)8-9-19(21)24)6-7-16(14)12-27-13-17-4-2-3-5-20(17)26-27/h2-11,13H,12,24H2,1H3,(H,25,28). The molecule has 0 aliphatic carbocycles. The summed E-state index contributed by atoms with van der Waals surface area (Å²) in [6.45, 7) is 2.56. The molecule has 6 heteroatoms. The van der Waals surface area contributed by atoms with Crippen molar-refractivity contribution in [1.29, 1.82) is 0 Å². The molecule has 0 radical (unpaired) electrons. The van der Waals surface area contributed by atoms with Crippen LogP contribution in [0, 0.1) is 12.7 Å². The molecular formula is C22H19FN4O. The van der Waals surface area contributed by atoms with Crippen LogP contribution in [-0.2, 0) is 6.54 Å². The van der Waals surface area contributed by atoms with Gasteiger partial charge in [-0.3, -0.25) is 9.48 Å². The van der Waals surface area contributed by atoms with Gasteiger partial charge in [0.15, 0.2) is 0 Å². The largest absolute Gasteiger partial charge is 0.397 e. The van der Waals surface area contributed by atoms with Crippen molar-refractivity contribution in [3.05, 3.63) is 89.4 Å². The Bertz CT molecular complexity index is 1150. The number of nitrogens with two attached hydrogens (primary N) is 1. The number of aryl methyl sites for hydroxylation is 1. The van der Waals surface area contributed by atoms with Crippen LogP contribution < -0.4 is 11.1 Å². The Labute approximate surface area is 161 Å². The Kier molecular flexibility index (Phi) is 4.53. The first-order valence-corrected chi connectivity index (χ1v) is 8.88. The molecule has 140 valence electrons. The number of nitrogen functional groups attached to an aromatic ring is 1. The number of nitrogens with one attached hydrogen (secondary N) is 1. The van der Waals surface area contributed by atoms with Crippen LogP contribution in [0.2, 0.25) is 0 Å². The Hall–Kier alpha value is -3.67. The number of benzene rings is 3. The van der Waals surface area contributed by atoms with Gasteiger partial charge in [-0.25, -0.2) is 4.39 Å². The lowest BCUT2D eigenvalue weighted by molar-refractivity contribution is 0.102. The number of aromatic nitrogens is 2. The highest BCUT2D eigenvalue weighted by atomic mass is 19.1. The topological polar surface area (TPSA) is 72.9 Å². The second-order valence-electron chi connectivity index (χ2n) is 6.71. The zero-order chi connectivity index (χ0) is 19.7. The van der Waals surface area contributed by atoms with Crippen molar-refractivity contribution in [2.45, 2.75) is 13.5 Å². The molecule has 4 rings (SSSR count). The Morgan fingerprint density at radius 3 is 2.75 bits per heavy atom. The molecule has 0 saturated carbocycles. The number of amides is 1. The molecule has 0 spiro atoms. The Morgan fingerprint density at radius 1 is 1.14 bits per heavy atom. The van der Waals surface area contributed by atoms with Crippen LogP contribution in [0.5, 0.6) is 0 Å². The normalized spacial score (nSPS) is 10.9. The van der Waals surface area contributed by atoms with Gasteiger partial charge in [-0.15, -0.1) is 0 Å². The maximum atomic E-state index is 13.4. The van der Waals surface area contributed by atoms with E-state index in [1.54, 1.807) is 6.07 Å². The predicted molar refractivity (Wildman–Crippen MR) is 109 cm³/mol. The molecule has 3 aromatic carbocycles. The van der Waals surface area contributed by atoms with Gasteiger partial charge in [-0.2, -0.15) is 5.10 Å². The monoisotopic (exact) mass is 374 g/mol. The molecular weight excluding hydrogens is 355 g/mol. The molecule has 4 aromatic rings. The number of carbonyl (C=O) groups excluding carboxylic acids is 1. The summed E-state index contributed by atoms with van der Waals surface area (Å²) in [4.78, 5) is 12.5. The highest BCUT2D eigenvalue weighted by molar-refractivity contribution is 6.05. The van der Waals surface area contributed by atoms with E-state index in [4.69, 9.17) is 5.73 Å². The van der Waals surface area contributed by atoms with Gasteiger partial charge in [0.2, 0.25) is 0 Å². The van der Waals surface area contributed by atoms with Crippen molar-refractivity contribution >= 4 is 28.2 Å². The molecule has 1 amide bonds. The summed E-state index contributed by atoms with van der Waals surface area (Å²) < 4.78 is 15.3. The molecule has 1 heterocycles. The smallest absolute Gasteiger partial charge is 0.255 e. The van der Waals surface area contributed by atoms with Crippen LogP contribution in [-0.4, -0.2) is 15.7 Å². The zero-order valence-corrected chi connectivity index (χ0v) is 15.3.